The van der Waals surface area contributed by atoms with Crippen LogP contribution in [-0.4, -0.2) is 48.4 Å². The van der Waals surface area contributed by atoms with E-state index in [0.29, 0.717) is 18.6 Å². The summed E-state index contributed by atoms with van der Waals surface area (Å²) in [6.07, 6.45) is 7.61. The minimum atomic E-state index is -0.376. The molecule has 1 aliphatic carbocycles. The standard InChI is InChI=1S/C30H36FN3O3/c1-2-37-30(36)23-10-14-26(15-11-23)34-27-18-21(20-33-16-4-3-5-17-33)6-7-24(27)19-28(34)32-29(35)22-8-12-25(31)13-9-22/h6-9,12-13,18,23,26H,2-5,10-11,14-17,19-20H2,1H3. The molecule has 0 spiro atoms. The molecule has 196 valence electrons. The van der Waals surface area contributed by atoms with E-state index in [-0.39, 0.29) is 29.7 Å². The maximum Gasteiger partial charge on any atom is 0.308 e. The summed E-state index contributed by atoms with van der Waals surface area (Å²) in [6.45, 7) is 5.44. The first kappa shape index (κ1) is 25.6. The van der Waals surface area contributed by atoms with Crippen molar-refractivity contribution < 1.29 is 18.7 Å². The van der Waals surface area contributed by atoms with Gasteiger partial charge in [0.2, 0.25) is 0 Å². The first-order chi connectivity index (χ1) is 18.0. The number of benzene rings is 2. The van der Waals surface area contributed by atoms with Crippen LogP contribution in [0.5, 0.6) is 0 Å². The Bertz CT molecular complexity index is 1150. The van der Waals surface area contributed by atoms with E-state index in [1.54, 1.807) is 0 Å². The minimum Gasteiger partial charge on any atom is -0.466 e. The number of hydrogen-bond acceptors (Lipinski definition) is 4. The number of likely N-dealkylation sites (tertiary alicyclic amines) is 1. The topological polar surface area (TPSA) is 62.2 Å². The molecule has 0 unspecified atom stereocenters. The lowest BCUT2D eigenvalue weighted by Gasteiger charge is -2.36. The van der Waals surface area contributed by atoms with E-state index < -0.39 is 0 Å². The van der Waals surface area contributed by atoms with E-state index in [1.165, 1.54) is 54.7 Å². The second kappa shape index (κ2) is 11.5. The van der Waals surface area contributed by atoms with Gasteiger partial charge in [0.05, 0.1) is 12.5 Å². The van der Waals surface area contributed by atoms with Crippen LogP contribution in [0.3, 0.4) is 0 Å². The van der Waals surface area contributed by atoms with Gasteiger partial charge in [-0.1, -0.05) is 18.6 Å². The van der Waals surface area contributed by atoms with Crippen LogP contribution in [0.15, 0.2) is 47.5 Å². The van der Waals surface area contributed by atoms with Crippen LogP contribution in [0.2, 0.25) is 0 Å². The monoisotopic (exact) mass is 505 g/mol. The van der Waals surface area contributed by atoms with Gasteiger partial charge in [0, 0.05) is 30.3 Å². The summed E-state index contributed by atoms with van der Waals surface area (Å²) in [5.74, 6) is -0.170. The Kier molecular flexibility index (Phi) is 7.99. The molecule has 1 saturated heterocycles. The Hall–Kier alpha value is -3.06. The maximum atomic E-state index is 13.4. The lowest BCUT2D eigenvalue weighted by molar-refractivity contribution is -0.149. The van der Waals surface area contributed by atoms with Crippen LogP contribution in [-0.2, 0) is 22.5 Å². The molecule has 0 aromatic heterocycles. The van der Waals surface area contributed by atoms with Gasteiger partial charge in [-0.3, -0.25) is 14.5 Å². The Morgan fingerprint density at radius 2 is 1.73 bits per heavy atom. The summed E-state index contributed by atoms with van der Waals surface area (Å²) < 4.78 is 18.7. The number of halogens is 1. The number of piperidine rings is 1. The predicted octanol–water partition coefficient (Wildman–Crippen LogP) is 5.53. The number of esters is 1. The van der Waals surface area contributed by atoms with Crippen molar-refractivity contribution in [3.8, 4) is 0 Å². The van der Waals surface area contributed by atoms with Crippen molar-refractivity contribution in [2.24, 2.45) is 10.9 Å². The quantitative estimate of drug-likeness (QED) is 0.483. The zero-order valence-electron chi connectivity index (χ0n) is 21.6. The third kappa shape index (κ3) is 5.93. The van der Waals surface area contributed by atoms with Gasteiger partial charge in [0.1, 0.15) is 11.7 Å². The number of nitrogens with zero attached hydrogens (tertiary/aromatic N) is 3. The Labute approximate surface area is 218 Å². The summed E-state index contributed by atoms with van der Waals surface area (Å²) in [7, 11) is 0. The van der Waals surface area contributed by atoms with E-state index in [4.69, 9.17) is 4.74 Å². The molecule has 7 heteroatoms. The SMILES string of the molecule is CCOC(=O)C1CCC(N2C(=NC(=O)c3ccc(F)cc3)Cc3ccc(CN4CCCCC4)cc32)CC1. The van der Waals surface area contributed by atoms with E-state index in [2.05, 4.69) is 33.0 Å². The first-order valence-corrected chi connectivity index (χ1v) is 13.7. The average Bonchev–Trinajstić information content (AvgIpc) is 3.27. The molecule has 2 aromatic carbocycles. The molecular formula is C30H36FN3O3. The Morgan fingerprint density at radius 1 is 1.00 bits per heavy atom. The molecule has 3 aliphatic rings. The van der Waals surface area contributed by atoms with Crippen LogP contribution in [0, 0.1) is 11.7 Å². The van der Waals surface area contributed by atoms with Gasteiger partial charge in [0.15, 0.2) is 0 Å². The number of hydrogen-bond donors (Lipinski definition) is 0. The first-order valence-electron chi connectivity index (χ1n) is 13.7. The zero-order chi connectivity index (χ0) is 25.8. The third-order valence-corrected chi connectivity index (χ3v) is 7.89. The number of rotatable bonds is 6. The number of anilines is 1. The van der Waals surface area contributed by atoms with Gasteiger partial charge in [0.25, 0.3) is 5.91 Å². The van der Waals surface area contributed by atoms with Crippen molar-refractivity contribution in [2.45, 2.75) is 70.9 Å². The highest BCUT2D eigenvalue weighted by Crippen LogP contribution is 2.38. The number of ether oxygens (including phenoxy) is 1. The molecule has 0 N–H and O–H groups in total. The summed E-state index contributed by atoms with van der Waals surface area (Å²) in [6, 6.07) is 12.4. The lowest BCUT2D eigenvalue weighted by Crippen LogP contribution is -2.42. The molecule has 6 nitrogen and oxygen atoms in total. The van der Waals surface area contributed by atoms with Crippen LogP contribution in [0.1, 0.15) is 73.4 Å². The highest BCUT2D eigenvalue weighted by atomic mass is 19.1. The number of fused-ring (bicyclic) bond motifs is 1. The summed E-state index contributed by atoms with van der Waals surface area (Å²) in [5, 5.41) is 0. The molecule has 0 radical (unpaired) electrons. The average molecular weight is 506 g/mol. The maximum absolute atomic E-state index is 13.4. The molecule has 2 aromatic rings. The zero-order valence-corrected chi connectivity index (χ0v) is 21.6. The highest BCUT2D eigenvalue weighted by Gasteiger charge is 2.36. The number of carbonyl (C=O) groups is 2. The van der Waals surface area contributed by atoms with E-state index in [9.17, 15) is 14.0 Å². The van der Waals surface area contributed by atoms with Crippen molar-refractivity contribution in [1.29, 1.82) is 0 Å². The Morgan fingerprint density at radius 3 is 2.43 bits per heavy atom. The molecule has 0 bridgehead atoms. The van der Waals surface area contributed by atoms with Gasteiger partial charge < -0.3 is 9.64 Å². The molecule has 5 rings (SSSR count). The van der Waals surface area contributed by atoms with Crippen LogP contribution >= 0.6 is 0 Å². The number of amides is 1. The van der Waals surface area contributed by atoms with Gasteiger partial charge >= 0.3 is 5.97 Å². The fourth-order valence-corrected chi connectivity index (χ4v) is 5.96. The van der Waals surface area contributed by atoms with Crippen molar-refractivity contribution in [3.63, 3.8) is 0 Å². The summed E-state index contributed by atoms with van der Waals surface area (Å²) in [5.41, 5.74) is 3.94. The van der Waals surface area contributed by atoms with E-state index in [1.807, 2.05) is 6.92 Å². The van der Waals surface area contributed by atoms with Crippen LogP contribution in [0.4, 0.5) is 10.1 Å². The van der Waals surface area contributed by atoms with Gasteiger partial charge in [-0.15, -0.1) is 0 Å². The van der Waals surface area contributed by atoms with Crippen molar-refractivity contribution in [1.82, 2.24) is 4.90 Å². The number of aliphatic imine (C=N–C) groups is 1. The highest BCUT2D eigenvalue weighted by molar-refractivity contribution is 6.12. The normalized spacial score (nSPS) is 23.2. The largest absolute Gasteiger partial charge is 0.466 e. The van der Waals surface area contributed by atoms with Crippen molar-refractivity contribution in [3.05, 3.63) is 65.0 Å². The third-order valence-electron chi connectivity index (χ3n) is 7.89. The lowest BCUT2D eigenvalue weighted by atomic mass is 9.85. The van der Waals surface area contributed by atoms with E-state index >= 15 is 0 Å². The molecular weight excluding hydrogens is 469 g/mol. The Balaban J connectivity index is 1.40. The van der Waals surface area contributed by atoms with Crippen molar-refractivity contribution in [2.75, 3.05) is 24.6 Å². The van der Waals surface area contributed by atoms with E-state index in [0.717, 1.165) is 56.8 Å². The molecule has 0 atom stereocenters. The van der Waals surface area contributed by atoms with Crippen LogP contribution < -0.4 is 4.90 Å². The predicted molar refractivity (Wildman–Crippen MR) is 142 cm³/mol. The number of amidine groups is 1. The molecule has 1 saturated carbocycles. The fraction of sp³-hybridized carbons (Fsp3) is 0.500. The second-order valence-corrected chi connectivity index (χ2v) is 10.4. The van der Waals surface area contributed by atoms with Gasteiger partial charge in [-0.2, -0.15) is 4.99 Å². The van der Waals surface area contributed by atoms with Crippen LogP contribution in [0.25, 0.3) is 0 Å². The second-order valence-electron chi connectivity index (χ2n) is 10.4. The van der Waals surface area contributed by atoms with Gasteiger partial charge in [-0.25, -0.2) is 4.39 Å². The fourth-order valence-electron chi connectivity index (χ4n) is 5.96. The number of carbonyl (C=O) groups excluding carboxylic acids is 2. The molecule has 2 fully saturated rings. The molecule has 2 aliphatic heterocycles. The molecule has 1 amide bonds. The minimum absolute atomic E-state index is 0.0649. The van der Waals surface area contributed by atoms with Crippen molar-refractivity contribution >= 4 is 23.4 Å². The molecule has 37 heavy (non-hydrogen) atoms. The summed E-state index contributed by atoms with van der Waals surface area (Å²) >= 11 is 0. The smallest absolute Gasteiger partial charge is 0.308 e. The summed E-state index contributed by atoms with van der Waals surface area (Å²) in [4.78, 5) is 34.7. The molecule has 2 heterocycles. The van der Waals surface area contributed by atoms with Gasteiger partial charge in [-0.05, 0) is 100.0 Å².